The lowest BCUT2D eigenvalue weighted by Crippen LogP contribution is -2.37. The summed E-state index contributed by atoms with van der Waals surface area (Å²) in [4.78, 5) is 0. The summed E-state index contributed by atoms with van der Waals surface area (Å²) in [5.74, 6) is 0. The highest BCUT2D eigenvalue weighted by Crippen LogP contribution is 2.35. The molecule has 2 aliphatic rings. The van der Waals surface area contributed by atoms with Crippen LogP contribution in [-0.4, -0.2) is 25.8 Å². The summed E-state index contributed by atoms with van der Waals surface area (Å²) in [5, 5.41) is 3.54. The van der Waals surface area contributed by atoms with Gasteiger partial charge >= 0.3 is 6.18 Å². The molecule has 1 saturated heterocycles. The van der Waals surface area contributed by atoms with Gasteiger partial charge in [0.15, 0.2) is 0 Å². The molecule has 1 heterocycles. The van der Waals surface area contributed by atoms with Crippen molar-refractivity contribution < 1.29 is 17.9 Å². The maximum absolute atomic E-state index is 12.6. The van der Waals surface area contributed by atoms with E-state index in [-0.39, 0.29) is 5.41 Å². The number of halogens is 3. The van der Waals surface area contributed by atoms with Gasteiger partial charge in [-0.1, -0.05) is 12.1 Å². The minimum Gasteiger partial charge on any atom is -0.381 e. The van der Waals surface area contributed by atoms with Gasteiger partial charge in [0.2, 0.25) is 0 Å². The first-order valence-electron chi connectivity index (χ1n) is 7.44. The van der Waals surface area contributed by atoms with E-state index in [0.29, 0.717) is 12.6 Å². The summed E-state index contributed by atoms with van der Waals surface area (Å²) in [7, 11) is 0. The molecule has 21 heavy (non-hydrogen) atoms. The highest BCUT2D eigenvalue weighted by Gasteiger charge is 2.37. The molecule has 2 nitrogen and oxygen atoms in total. The van der Waals surface area contributed by atoms with Crippen molar-refractivity contribution >= 4 is 0 Å². The van der Waals surface area contributed by atoms with E-state index in [9.17, 15) is 13.2 Å². The number of benzene rings is 1. The van der Waals surface area contributed by atoms with Crippen molar-refractivity contribution in [2.45, 2.75) is 37.9 Å². The maximum atomic E-state index is 12.6. The molecule has 1 N–H and O–H groups in total. The van der Waals surface area contributed by atoms with E-state index >= 15 is 0 Å². The largest absolute Gasteiger partial charge is 0.416 e. The molecule has 1 saturated carbocycles. The topological polar surface area (TPSA) is 21.3 Å². The predicted molar refractivity (Wildman–Crippen MR) is 74.0 cm³/mol. The quantitative estimate of drug-likeness (QED) is 0.899. The Morgan fingerprint density at radius 1 is 1.19 bits per heavy atom. The molecule has 116 valence electrons. The van der Waals surface area contributed by atoms with Gasteiger partial charge < -0.3 is 10.1 Å². The molecule has 1 unspecified atom stereocenters. The van der Waals surface area contributed by atoms with Crippen LogP contribution in [-0.2, 0) is 17.3 Å². The van der Waals surface area contributed by atoms with Crippen LogP contribution in [0.4, 0.5) is 13.2 Å². The molecule has 1 aromatic carbocycles. The second kappa shape index (κ2) is 5.61. The molecule has 1 aliphatic heterocycles. The Morgan fingerprint density at radius 3 is 2.43 bits per heavy atom. The van der Waals surface area contributed by atoms with Crippen LogP contribution in [0.5, 0.6) is 0 Å². The first kappa shape index (κ1) is 14.9. The van der Waals surface area contributed by atoms with E-state index in [1.165, 1.54) is 25.0 Å². The van der Waals surface area contributed by atoms with E-state index in [1.807, 2.05) is 0 Å². The molecular formula is C16H20F3NO. The van der Waals surface area contributed by atoms with Crippen LogP contribution < -0.4 is 5.32 Å². The van der Waals surface area contributed by atoms with Crippen LogP contribution >= 0.6 is 0 Å². The van der Waals surface area contributed by atoms with Crippen molar-refractivity contribution in [3.05, 3.63) is 35.4 Å². The van der Waals surface area contributed by atoms with Gasteiger partial charge in [-0.3, -0.25) is 0 Å². The van der Waals surface area contributed by atoms with Gasteiger partial charge in [-0.15, -0.1) is 0 Å². The van der Waals surface area contributed by atoms with Crippen LogP contribution in [0.2, 0.25) is 0 Å². The van der Waals surface area contributed by atoms with Crippen molar-refractivity contribution in [3.8, 4) is 0 Å². The molecule has 3 rings (SSSR count). The van der Waals surface area contributed by atoms with Gasteiger partial charge in [0, 0.05) is 24.6 Å². The SMILES string of the molecule is FC(F)(F)c1ccc(CC2(CNC3CC3)CCOC2)cc1. The molecule has 0 spiro atoms. The summed E-state index contributed by atoms with van der Waals surface area (Å²) in [5.41, 5.74) is 0.396. The fraction of sp³-hybridized carbons (Fsp3) is 0.625. The van der Waals surface area contributed by atoms with Crippen LogP contribution in [0.25, 0.3) is 0 Å². The first-order valence-corrected chi connectivity index (χ1v) is 7.44. The lowest BCUT2D eigenvalue weighted by Gasteiger charge is -2.28. The lowest BCUT2D eigenvalue weighted by atomic mass is 9.80. The molecule has 1 aromatic rings. The normalized spacial score (nSPS) is 26.2. The van der Waals surface area contributed by atoms with Crippen molar-refractivity contribution in [3.63, 3.8) is 0 Å². The van der Waals surface area contributed by atoms with E-state index in [1.54, 1.807) is 12.1 Å². The minimum absolute atomic E-state index is 0.0301. The van der Waals surface area contributed by atoms with Crippen LogP contribution in [0.1, 0.15) is 30.4 Å². The summed E-state index contributed by atoms with van der Waals surface area (Å²) in [6.45, 7) is 2.32. The van der Waals surface area contributed by atoms with E-state index in [4.69, 9.17) is 4.74 Å². The molecule has 0 radical (unpaired) electrons. The number of nitrogens with one attached hydrogen (secondary N) is 1. The Hall–Kier alpha value is -1.07. The summed E-state index contributed by atoms with van der Waals surface area (Å²) in [6, 6.07) is 6.18. The third kappa shape index (κ3) is 3.77. The second-order valence-electron chi connectivity index (χ2n) is 6.33. The number of hydrogen-bond donors (Lipinski definition) is 1. The number of alkyl halides is 3. The fourth-order valence-corrected chi connectivity index (χ4v) is 2.88. The third-order valence-electron chi connectivity index (χ3n) is 4.39. The predicted octanol–water partition coefficient (Wildman–Crippen LogP) is 3.41. The van der Waals surface area contributed by atoms with Crippen LogP contribution in [0.15, 0.2) is 24.3 Å². The van der Waals surface area contributed by atoms with E-state index in [0.717, 1.165) is 31.6 Å². The monoisotopic (exact) mass is 299 g/mol. The Balaban J connectivity index is 1.67. The average molecular weight is 299 g/mol. The molecule has 1 aliphatic carbocycles. The van der Waals surface area contributed by atoms with Gasteiger partial charge in [0.1, 0.15) is 0 Å². The van der Waals surface area contributed by atoms with Gasteiger partial charge in [-0.2, -0.15) is 13.2 Å². The first-order chi connectivity index (χ1) is 9.97. The van der Waals surface area contributed by atoms with Gasteiger partial charge in [-0.25, -0.2) is 0 Å². The Kier molecular flexibility index (Phi) is 3.97. The number of ether oxygens (including phenoxy) is 1. The third-order valence-corrected chi connectivity index (χ3v) is 4.39. The van der Waals surface area contributed by atoms with E-state index in [2.05, 4.69) is 5.32 Å². The number of rotatable bonds is 5. The van der Waals surface area contributed by atoms with Crippen molar-refractivity contribution in [1.82, 2.24) is 5.32 Å². The van der Waals surface area contributed by atoms with Gasteiger partial charge in [0.05, 0.1) is 12.2 Å². The summed E-state index contributed by atoms with van der Waals surface area (Å²) >= 11 is 0. The minimum atomic E-state index is -4.26. The summed E-state index contributed by atoms with van der Waals surface area (Å²) in [6.07, 6.45) is -0.0623. The molecular weight excluding hydrogens is 279 g/mol. The van der Waals surface area contributed by atoms with Crippen LogP contribution in [0.3, 0.4) is 0 Å². The summed E-state index contributed by atoms with van der Waals surface area (Å²) < 4.78 is 43.3. The molecule has 0 aromatic heterocycles. The average Bonchev–Trinajstić information content (AvgIpc) is 3.16. The zero-order chi connectivity index (χ0) is 14.9. The van der Waals surface area contributed by atoms with Crippen molar-refractivity contribution in [1.29, 1.82) is 0 Å². The molecule has 5 heteroatoms. The highest BCUT2D eigenvalue weighted by atomic mass is 19.4. The zero-order valence-corrected chi connectivity index (χ0v) is 11.9. The lowest BCUT2D eigenvalue weighted by molar-refractivity contribution is -0.137. The standard InChI is InChI=1S/C16H20F3NO/c17-16(18,19)13-3-1-12(2-4-13)9-15(7-8-21-11-15)10-20-14-5-6-14/h1-4,14,20H,5-11H2. The Bertz CT molecular complexity index is 473. The number of hydrogen-bond acceptors (Lipinski definition) is 2. The fourth-order valence-electron chi connectivity index (χ4n) is 2.88. The highest BCUT2D eigenvalue weighted by molar-refractivity contribution is 5.25. The van der Waals surface area contributed by atoms with E-state index < -0.39 is 11.7 Å². The molecule has 0 bridgehead atoms. The molecule has 1 atom stereocenters. The molecule has 0 amide bonds. The Morgan fingerprint density at radius 2 is 1.90 bits per heavy atom. The smallest absolute Gasteiger partial charge is 0.381 e. The zero-order valence-electron chi connectivity index (χ0n) is 11.9. The Labute approximate surface area is 122 Å². The van der Waals surface area contributed by atoms with Crippen LogP contribution in [0, 0.1) is 5.41 Å². The van der Waals surface area contributed by atoms with Crippen molar-refractivity contribution in [2.75, 3.05) is 19.8 Å². The van der Waals surface area contributed by atoms with Gasteiger partial charge in [-0.05, 0) is 43.4 Å². The maximum Gasteiger partial charge on any atom is 0.416 e. The molecule has 2 fully saturated rings. The van der Waals surface area contributed by atoms with Crippen molar-refractivity contribution in [2.24, 2.45) is 5.41 Å². The van der Waals surface area contributed by atoms with Gasteiger partial charge in [0.25, 0.3) is 0 Å². The second-order valence-corrected chi connectivity index (χ2v) is 6.33.